The zero-order chi connectivity index (χ0) is 21.2. The molecule has 5 heteroatoms. The van der Waals surface area contributed by atoms with E-state index >= 15 is 0 Å². The van der Waals surface area contributed by atoms with E-state index in [-0.39, 0.29) is 12.5 Å². The molecule has 0 unspecified atom stereocenters. The van der Waals surface area contributed by atoms with Gasteiger partial charge in [-0.15, -0.1) is 0 Å². The molecule has 2 N–H and O–H groups in total. The summed E-state index contributed by atoms with van der Waals surface area (Å²) in [6.45, 7) is 5.53. The Labute approximate surface area is 178 Å². The van der Waals surface area contributed by atoms with Gasteiger partial charge < -0.3 is 20.1 Å². The van der Waals surface area contributed by atoms with Crippen molar-refractivity contribution in [2.75, 3.05) is 23.8 Å². The summed E-state index contributed by atoms with van der Waals surface area (Å²) in [5, 5.41) is 6.01. The highest BCUT2D eigenvalue weighted by molar-refractivity contribution is 5.93. The predicted molar refractivity (Wildman–Crippen MR) is 121 cm³/mol. The van der Waals surface area contributed by atoms with Crippen molar-refractivity contribution in [3.05, 3.63) is 84.4 Å². The topological polar surface area (TPSA) is 59.6 Å². The van der Waals surface area contributed by atoms with Crippen molar-refractivity contribution in [3.63, 3.8) is 0 Å². The minimum atomic E-state index is -0.125. The molecule has 0 aromatic heterocycles. The number of rotatable bonds is 10. The molecular weight excluding hydrogens is 376 g/mol. The number of amides is 1. The van der Waals surface area contributed by atoms with Gasteiger partial charge >= 0.3 is 0 Å². The Morgan fingerprint density at radius 3 is 2.33 bits per heavy atom. The van der Waals surface area contributed by atoms with Crippen molar-refractivity contribution in [1.82, 2.24) is 0 Å². The van der Waals surface area contributed by atoms with Crippen molar-refractivity contribution < 1.29 is 14.3 Å². The van der Waals surface area contributed by atoms with Crippen LogP contribution in [0.15, 0.2) is 78.9 Å². The van der Waals surface area contributed by atoms with Gasteiger partial charge in [-0.05, 0) is 47.9 Å². The lowest BCUT2D eigenvalue weighted by molar-refractivity contribution is -0.114. The van der Waals surface area contributed by atoms with E-state index < -0.39 is 0 Å². The van der Waals surface area contributed by atoms with Crippen LogP contribution in [0.5, 0.6) is 11.5 Å². The highest BCUT2D eigenvalue weighted by Gasteiger charge is 2.05. The van der Waals surface area contributed by atoms with Crippen LogP contribution in [0.2, 0.25) is 0 Å². The van der Waals surface area contributed by atoms with Crippen molar-refractivity contribution in [2.24, 2.45) is 5.92 Å². The Kier molecular flexibility index (Phi) is 7.72. The average Bonchev–Trinajstić information content (AvgIpc) is 2.76. The van der Waals surface area contributed by atoms with Crippen molar-refractivity contribution in [2.45, 2.75) is 20.5 Å². The van der Waals surface area contributed by atoms with Gasteiger partial charge in [-0.3, -0.25) is 4.79 Å². The zero-order valence-corrected chi connectivity index (χ0v) is 17.4. The highest BCUT2D eigenvalue weighted by atomic mass is 16.5. The number of carbonyl (C=O) groups excluding carboxylic acids is 1. The summed E-state index contributed by atoms with van der Waals surface area (Å²) in [6, 6.07) is 25.0. The molecule has 3 rings (SSSR count). The quantitative estimate of drug-likeness (QED) is 0.478. The molecule has 0 radical (unpaired) electrons. The summed E-state index contributed by atoms with van der Waals surface area (Å²) < 4.78 is 11.5. The van der Waals surface area contributed by atoms with Crippen LogP contribution in [-0.4, -0.2) is 19.1 Å². The number of carbonyl (C=O) groups is 1. The van der Waals surface area contributed by atoms with E-state index in [0.717, 1.165) is 22.7 Å². The first-order valence-corrected chi connectivity index (χ1v) is 10.1. The zero-order valence-electron chi connectivity index (χ0n) is 17.4. The molecule has 1 amide bonds. The van der Waals surface area contributed by atoms with Gasteiger partial charge in [-0.25, -0.2) is 0 Å². The second-order valence-electron chi connectivity index (χ2n) is 7.43. The van der Waals surface area contributed by atoms with Crippen LogP contribution in [0, 0.1) is 5.92 Å². The van der Waals surface area contributed by atoms with Gasteiger partial charge in [0.05, 0.1) is 13.2 Å². The van der Waals surface area contributed by atoms with Crippen LogP contribution in [-0.2, 0) is 11.4 Å². The molecule has 0 aliphatic carbocycles. The van der Waals surface area contributed by atoms with Gasteiger partial charge in [0.15, 0.2) is 0 Å². The number of ether oxygens (including phenoxy) is 2. The summed E-state index contributed by atoms with van der Waals surface area (Å²) >= 11 is 0. The molecule has 0 atom stereocenters. The smallest absolute Gasteiger partial charge is 0.243 e. The molecule has 3 aromatic rings. The van der Waals surface area contributed by atoms with E-state index in [2.05, 4.69) is 24.5 Å². The fraction of sp³-hybridized carbons (Fsp3) is 0.240. The fourth-order valence-electron chi connectivity index (χ4n) is 2.72. The van der Waals surface area contributed by atoms with E-state index in [1.165, 1.54) is 0 Å². The van der Waals surface area contributed by atoms with Gasteiger partial charge in [0.2, 0.25) is 5.91 Å². The second-order valence-corrected chi connectivity index (χ2v) is 7.43. The molecule has 0 spiro atoms. The molecule has 0 saturated carbocycles. The molecule has 3 aromatic carbocycles. The van der Waals surface area contributed by atoms with Gasteiger partial charge in [0.1, 0.15) is 18.1 Å². The summed E-state index contributed by atoms with van der Waals surface area (Å²) in [7, 11) is 0. The van der Waals surface area contributed by atoms with E-state index in [9.17, 15) is 4.79 Å². The number of hydrogen-bond acceptors (Lipinski definition) is 4. The van der Waals surface area contributed by atoms with E-state index in [1.54, 1.807) is 0 Å². The van der Waals surface area contributed by atoms with Gasteiger partial charge in [0, 0.05) is 17.4 Å². The minimum absolute atomic E-state index is 0.125. The summed E-state index contributed by atoms with van der Waals surface area (Å²) in [4.78, 5) is 12.3. The second kappa shape index (κ2) is 10.9. The molecule has 156 valence electrons. The highest BCUT2D eigenvalue weighted by Crippen LogP contribution is 2.19. The maximum atomic E-state index is 12.3. The molecule has 0 saturated heterocycles. The Bertz CT molecular complexity index is 925. The molecule has 0 aliphatic rings. The van der Waals surface area contributed by atoms with Crippen LogP contribution in [0.1, 0.15) is 19.4 Å². The summed E-state index contributed by atoms with van der Waals surface area (Å²) in [5.41, 5.74) is 2.69. The Morgan fingerprint density at radius 1 is 0.833 bits per heavy atom. The maximum absolute atomic E-state index is 12.3. The Hall–Kier alpha value is -3.47. The lowest BCUT2D eigenvalue weighted by Crippen LogP contribution is -2.21. The SMILES string of the molecule is CC(C)COc1cccc(NC(=O)CNc2ccc(OCc3ccccc3)cc2)c1. The first-order chi connectivity index (χ1) is 14.6. The molecular formula is C25H28N2O3. The summed E-state index contributed by atoms with van der Waals surface area (Å²) in [6.07, 6.45) is 0. The van der Waals surface area contributed by atoms with Crippen molar-refractivity contribution in [1.29, 1.82) is 0 Å². The lowest BCUT2D eigenvalue weighted by Gasteiger charge is -2.12. The van der Waals surface area contributed by atoms with Crippen molar-refractivity contribution >= 4 is 17.3 Å². The van der Waals surface area contributed by atoms with Crippen LogP contribution < -0.4 is 20.1 Å². The van der Waals surface area contributed by atoms with E-state index in [1.807, 2.05) is 78.9 Å². The average molecular weight is 405 g/mol. The monoisotopic (exact) mass is 404 g/mol. The molecule has 0 heterocycles. The third kappa shape index (κ3) is 7.17. The number of hydrogen-bond donors (Lipinski definition) is 2. The van der Waals surface area contributed by atoms with E-state index in [0.29, 0.717) is 24.8 Å². The minimum Gasteiger partial charge on any atom is -0.493 e. The van der Waals surface area contributed by atoms with Gasteiger partial charge in [-0.2, -0.15) is 0 Å². The van der Waals surface area contributed by atoms with Crippen molar-refractivity contribution in [3.8, 4) is 11.5 Å². The molecule has 0 aliphatic heterocycles. The standard InChI is InChI=1S/C25H28N2O3/c1-19(2)17-29-24-10-6-9-22(15-24)27-25(28)16-26-21-11-13-23(14-12-21)30-18-20-7-4-3-5-8-20/h3-15,19,26H,16-18H2,1-2H3,(H,27,28). The number of benzene rings is 3. The van der Waals surface area contributed by atoms with Gasteiger partial charge in [-0.1, -0.05) is 50.2 Å². The van der Waals surface area contributed by atoms with Crippen LogP contribution in [0.25, 0.3) is 0 Å². The molecule has 0 fully saturated rings. The third-order valence-corrected chi connectivity index (χ3v) is 4.26. The normalized spacial score (nSPS) is 10.5. The summed E-state index contributed by atoms with van der Waals surface area (Å²) in [5.74, 6) is 1.86. The molecule has 0 bridgehead atoms. The largest absolute Gasteiger partial charge is 0.493 e. The predicted octanol–water partition coefficient (Wildman–Crippen LogP) is 5.35. The fourth-order valence-corrected chi connectivity index (χ4v) is 2.72. The lowest BCUT2D eigenvalue weighted by atomic mass is 10.2. The Morgan fingerprint density at radius 2 is 1.60 bits per heavy atom. The van der Waals surface area contributed by atoms with E-state index in [4.69, 9.17) is 9.47 Å². The first kappa shape index (κ1) is 21.2. The van der Waals surface area contributed by atoms with Gasteiger partial charge in [0.25, 0.3) is 0 Å². The van der Waals surface area contributed by atoms with Crippen LogP contribution in [0.4, 0.5) is 11.4 Å². The maximum Gasteiger partial charge on any atom is 0.243 e. The Balaban J connectivity index is 1.44. The van der Waals surface area contributed by atoms with Crippen LogP contribution in [0.3, 0.4) is 0 Å². The number of nitrogens with one attached hydrogen (secondary N) is 2. The van der Waals surface area contributed by atoms with Crippen LogP contribution >= 0.6 is 0 Å². The number of anilines is 2. The molecule has 30 heavy (non-hydrogen) atoms. The first-order valence-electron chi connectivity index (χ1n) is 10.1. The third-order valence-electron chi connectivity index (χ3n) is 4.26. The molecule has 5 nitrogen and oxygen atoms in total.